The van der Waals surface area contributed by atoms with Crippen LogP contribution in [0.3, 0.4) is 0 Å². The number of H-pyrrole nitrogens is 1. The molecule has 1 aromatic carbocycles. The van der Waals surface area contributed by atoms with Gasteiger partial charge in [-0.3, -0.25) is 9.89 Å². The van der Waals surface area contributed by atoms with Crippen LogP contribution in [-0.4, -0.2) is 31.1 Å². The fourth-order valence-corrected chi connectivity index (χ4v) is 2.62. The number of nitrogens with one attached hydrogen (secondary N) is 2. The molecule has 0 aliphatic rings. The molecule has 0 saturated carbocycles. The van der Waals surface area contributed by atoms with Crippen molar-refractivity contribution in [2.24, 2.45) is 5.73 Å². The summed E-state index contributed by atoms with van der Waals surface area (Å²) in [6.07, 6.45) is 6.53. The number of fused-ring (bicyclic) bond motifs is 1. The molecule has 0 fully saturated rings. The Morgan fingerprint density at radius 1 is 1.04 bits per heavy atom. The average molecular weight is 345 g/mol. The summed E-state index contributed by atoms with van der Waals surface area (Å²) in [5, 5.41) is 10.3. The van der Waals surface area contributed by atoms with E-state index in [0.717, 1.165) is 10.9 Å². The molecule has 128 valence electrons. The monoisotopic (exact) mass is 345 g/mol. The Kier molecular flexibility index (Phi) is 4.08. The number of benzene rings is 1. The molecular weight excluding hydrogens is 330 g/mol. The van der Waals surface area contributed by atoms with E-state index in [-0.39, 0.29) is 5.91 Å². The highest BCUT2D eigenvalue weighted by Crippen LogP contribution is 2.21. The molecule has 1 amide bonds. The molecule has 3 aromatic heterocycles. The molecule has 4 N–H and O–H groups in total. The summed E-state index contributed by atoms with van der Waals surface area (Å²) < 4.78 is 0. The quantitative estimate of drug-likeness (QED) is 0.520. The second kappa shape index (κ2) is 6.69. The van der Waals surface area contributed by atoms with E-state index in [1.807, 2.05) is 0 Å². The van der Waals surface area contributed by atoms with Crippen LogP contribution in [0, 0.1) is 0 Å². The number of hydrogen-bond donors (Lipinski definition) is 3. The first kappa shape index (κ1) is 15.9. The van der Waals surface area contributed by atoms with E-state index in [1.165, 1.54) is 0 Å². The summed E-state index contributed by atoms with van der Waals surface area (Å²) >= 11 is 0. The lowest BCUT2D eigenvalue weighted by Crippen LogP contribution is -2.16. The minimum absolute atomic E-state index is 0.227. The number of anilines is 1. The minimum Gasteiger partial charge on any atom is -0.321 e. The lowest BCUT2D eigenvalue weighted by molar-refractivity contribution is 0.102. The number of nitrogens with two attached hydrogens (primary N) is 1. The molecular formula is C18H15N7O. The van der Waals surface area contributed by atoms with Crippen LogP contribution in [-0.2, 0) is 0 Å². The summed E-state index contributed by atoms with van der Waals surface area (Å²) in [7, 11) is 0. The Morgan fingerprint density at radius 3 is 2.58 bits per heavy atom. The number of amides is 1. The number of carbonyl (C=O) groups excluding carboxylic acids is 1. The summed E-state index contributed by atoms with van der Waals surface area (Å²) in [5.74, 6) is 0.304. The maximum absolute atomic E-state index is 12.5. The van der Waals surface area contributed by atoms with Gasteiger partial charge >= 0.3 is 0 Å². The van der Waals surface area contributed by atoms with Crippen LogP contribution in [0.1, 0.15) is 27.8 Å². The van der Waals surface area contributed by atoms with Gasteiger partial charge < -0.3 is 11.1 Å². The van der Waals surface area contributed by atoms with Gasteiger partial charge in [0.2, 0.25) is 0 Å². The third-order valence-corrected chi connectivity index (χ3v) is 4.00. The first-order valence-corrected chi connectivity index (χ1v) is 7.94. The first-order chi connectivity index (χ1) is 12.7. The Bertz CT molecular complexity index is 1040. The van der Waals surface area contributed by atoms with Crippen molar-refractivity contribution in [3.05, 3.63) is 78.1 Å². The number of aromatic amines is 1. The molecule has 0 radical (unpaired) electrons. The van der Waals surface area contributed by atoms with Crippen molar-refractivity contribution in [1.29, 1.82) is 0 Å². The molecule has 1 unspecified atom stereocenters. The molecule has 4 rings (SSSR count). The first-order valence-electron chi connectivity index (χ1n) is 7.94. The fraction of sp³-hybridized carbons (Fsp3) is 0.0556. The van der Waals surface area contributed by atoms with Crippen molar-refractivity contribution in [3.8, 4) is 0 Å². The largest absolute Gasteiger partial charge is 0.321 e. The van der Waals surface area contributed by atoms with Gasteiger partial charge in [-0.15, -0.1) is 0 Å². The second-order valence-corrected chi connectivity index (χ2v) is 5.65. The van der Waals surface area contributed by atoms with E-state index in [1.54, 1.807) is 61.2 Å². The van der Waals surface area contributed by atoms with Crippen LogP contribution in [0.25, 0.3) is 11.0 Å². The molecule has 0 spiro atoms. The van der Waals surface area contributed by atoms with Crippen molar-refractivity contribution in [2.45, 2.75) is 6.04 Å². The van der Waals surface area contributed by atoms with Crippen molar-refractivity contribution < 1.29 is 4.79 Å². The predicted octanol–water partition coefficient (Wildman–Crippen LogP) is 2.05. The van der Waals surface area contributed by atoms with Gasteiger partial charge in [0.25, 0.3) is 5.91 Å². The predicted molar refractivity (Wildman–Crippen MR) is 96.3 cm³/mol. The Morgan fingerprint density at radius 2 is 1.81 bits per heavy atom. The second-order valence-electron chi connectivity index (χ2n) is 5.65. The number of aromatic nitrogens is 5. The van der Waals surface area contributed by atoms with Gasteiger partial charge in [-0.1, -0.05) is 12.1 Å². The van der Waals surface area contributed by atoms with Crippen LogP contribution in [0.2, 0.25) is 0 Å². The van der Waals surface area contributed by atoms with E-state index in [4.69, 9.17) is 5.73 Å². The average Bonchev–Trinajstić information content (AvgIpc) is 3.18. The molecule has 26 heavy (non-hydrogen) atoms. The zero-order valence-electron chi connectivity index (χ0n) is 13.6. The van der Waals surface area contributed by atoms with Crippen molar-refractivity contribution >= 4 is 22.6 Å². The Hall–Kier alpha value is -3.65. The van der Waals surface area contributed by atoms with Crippen LogP contribution < -0.4 is 11.1 Å². The highest BCUT2D eigenvalue weighted by Gasteiger charge is 2.13. The summed E-state index contributed by atoms with van der Waals surface area (Å²) in [6.45, 7) is 0. The van der Waals surface area contributed by atoms with E-state index in [9.17, 15) is 4.79 Å². The number of carbonyl (C=O) groups is 1. The zero-order valence-corrected chi connectivity index (χ0v) is 13.6. The lowest BCUT2D eigenvalue weighted by Gasteiger charge is -2.11. The van der Waals surface area contributed by atoms with E-state index < -0.39 is 6.04 Å². The van der Waals surface area contributed by atoms with Gasteiger partial charge in [-0.2, -0.15) is 5.10 Å². The van der Waals surface area contributed by atoms with Crippen molar-refractivity contribution in [3.63, 3.8) is 0 Å². The van der Waals surface area contributed by atoms with E-state index in [2.05, 4.69) is 30.5 Å². The number of nitrogens with zero attached hydrogens (tertiary/aromatic N) is 4. The van der Waals surface area contributed by atoms with E-state index >= 15 is 0 Å². The van der Waals surface area contributed by atoms with Gasteiger partial charge in [0.05, 0.1) is 23.3 Å². The normalized spacial score (nSPS) is 12.0. The molecule has 8 nitrogen and oxygen atoms in total. The van der Waals surface area contributed by atoms with Crippen LogP contribution in [0.5, 0.6) is 0 Å². The molecule has 0 aliphatic carbocycles. The molecule has 1 atom stereocenters. The summed E-state index contributed by atoms with van der Waals surface area (Å²) in [6, 6.07) is 10.1. The standard InChI is InChI=1S/C18H15N7O/c19-15(17-20-7-1-8-21-17)11-2-4-12(5-3-11)18(26)24-14-6-9-22-16-13(14)10-23-25-16/h1-10,15H,19H2,(H2,22,23,24,25,26). The summed E-state index contributed by atoms with van der Waals surface area (Å²) in [5.41, 5.74) is 8.78. The maximum atomic E-state index is 12.5. The van der Waals surface area contributed by atoms with Crippen LogP contribution >= 0.6 is 0 Å². The van der Waals surface area contributed by atoms with Gasteiger partial charge in [0.1, 0.15) is 5.82 Å². The van der Waals surface area contributed by atoms with Crippen LogP contribution in [0.15, 0.2) is 61.2 Å². The van der Waals surface area contributed by atoms with Gasteiger partial charge in [-0.25, -0.2) is 15.0 Å². The summed E-state index contributed by atoms with van der Waals surface area (Å²) in [4.78, 5) is 25.0. The lowest BCUT2D eigenvalue weighted by atomic mass is 10.0. The molecule has 0 bridgehead atoms. The third kappa shape index (κ3) is 3.01. The molecule has 0 aliphatic heterocycles. The number of rotatable bonds is 4. The number of hydrogen-bond acceptors (Lipinski definition) is 6. The topological polar surface area (TPSA) is 122 Å². The molecule has 4 aromatic rings. The van der Waals surface area contributed by atoms with Gasteiger partial charge in [0, 0.05) is 24.2 Å². The minimum atomic E-state index is -0.445. The highest BCUT2D eigenvalue weighted by atomic mass is 16.1. The fourth-order valence-electron chi connectivity index (χ4n) is 2.62. The smallest absolute Gasteiger partial charge is 0.255 e. The zero-order chi connectivity index (χ0) is 17.9. The van der Waals surface area contributed by atoms with Crippen molar-refractivity contribution in [2.75, 3.05) is 5.32 Å². The SMILES string of the molecule is NC(c1ccc(C(=O)Nc2ccnc3[nH]ncc23)cc1)c1ncccn1. The third-order valence-electron chi connectivity index (χ3n) is 4.00. The van der Waals surface area contributed by atoms with Gasteiger partial charge in [0.15, 0.2) is 5.65 Å². The Labute approximate surface area is 148 Å². The maximum Gasteiger partial charge on any atom is 0.255 e. The van der Waals surface area contributed by atoms with Crippen LogP contribution in [0.4, 0.5) is 5.69 Å². The number of pyridine rings is 1. The van der Waals surface area contributed by atoms with E-state index in [0.29, 0.717) is 22.7 Å². The van der Waals surface area contributed by atoms with Crippen molar-refractivity contribution in [1.82, 2.24) is 25.1 Å². The van der Waals surface area contributed by atoms with Gasteiger partial charge in [-0.05, 0) is 29.8 Å². The Balaban J connectivity index is 1.53. The highest BCUT2D eigenvalue weighted by molar-refractivity contribution is 6.08. The molecule has 0 saturated heterocycles. The molecule has 3 heterocycles. The molecule has 8 heteroatoms.